The quantitative estimate of drug-likeness (QED) is 0.272. The van der Waals surface area contributed by atoms with Crippen molar-refractivity contribution in [3.63, 3.8) is 0 Å². The minimum atomic E-state index is -2.20. The van der Waals surface area contributed by atoms with E-state index in [2.05, 4.69) is 4.74 Å². The Morgan fingerprint density at radius 3 is 1.63 bits per heavy atom. The number of carboxylic acid groups (broad SMARTS) is 3. The van der Waals surface area contributed by atoms with Crippen molar-refractivity contribution < 1.29 is 54.1 Å². The molecule has 0 spiro atoms. The van der Waals surface area contributed by atoms with E-state index in [9.17, 15) is 14.4 Å². The Labute approximate surface area is 157 Å². The van der Waals surface area contributed by atoms with Crippen LogP contribution in [0.5, 0.6) is 0 Å². The Hall–Kier alpha value is -1.79. The van der Waals surface area contributed by atoms with E-state index >= 15 is 0 Å². The van der Waals surface area contributed by atoms with Crippen LogP contribution in [-0.2, 0) is 28.6 Å². The first kappa shape index (κ1) is 27.4. The van der Waals surface area contributed by atoms with Gasteiger partial charge in [-0.15, -0.1) is 0 Å². The molecule has 0 heterocycles. The fourth-order valence-corrected chi connectivity index (χ4v) is 1.64. The molecule has 0 saturated carbocycles. The minimum Gasteiger partial charge on any atom is -0.481 e. The van der Waals surface area contributed by atoms with Gasteiger partial charge in [-0.1, -0.05) is 0 Å². The highest BCUT2D eigenvalue weighted by Crippen LogP contribution is 2.20. The fourth-order valence-electron chi connectivity index (χ4n) is 1.64. The van der Waals surface area contributed by atoms with Crippen LogP contribution in [0.3, 0.4) is 0 Å². The zero-order valence-corrected chi connectivity index (χ0v) is 16.0. The summed E-state index contributed by atoms with van der Waals surface area (Å²) < 4.78 is 14.9. The highest BCUT2D eigenvalue weighted by molar-refractivity contribution is 5.88. The number of aliphatic hydroxyl groups excluding tert-OH is 2. The van der Waals surface area contributed by atoms with Crippen molar-refractivity contribution in [2.45, 2.75) is 57.5 Å². The van der Waals surface area contributed by atoms with E-state index in [0.717, 1.165) is 7.11 Å². The summed E-state index contributed by atoms with van der Waals surface area (Å²) >= 11 is 0. The Bertz CT molecular complexity index is 434. The lowest BCUT2D eigenvalue weighted by Gasteiger charge is -2.23. The van der Waals surface area contributed by atoms with Crippen LogP contribution in [0.4, 0.5) is 0 Å². The molecule has 0 aromatic rings. The van der Waals surface area contributed by atoms with E-state index in [1.807, 2.05) is 6.92 Å². The molecule has 0 amide bonds. The van der Waals surface area contributed by atoms with Gasteiger partial charge in [0.1, 0.15) is 0 Å². The Morgan fingerprint density at radius 1 is 0.889 bits per heavy atom. The Morgan fingerprint density at radius 2 is 1.33 bits per heavy atom. The number of aliphatic carboxylic acids is 3. The first-order valence-corrected chi connectivity index (χ1v) is 8.14. The largest absolute Gasteiger partial charge is 0.481 e. The highest BCUT2D eigenvalue weighted by atomic mass is 16.5. The molecular formula is C16H30O11. The van der Waals surface area contributed by atoms with E-state index in [4.69, 9.17) is 35.0 Å². The van der Waals surface area contributed by atoms with Crippen molar-refractivity contribution in [3.05, 3.63) is 0 Å². The zero-order chi connectivity index (χ0) is 21.6. The third-order valence-electron chi connectivity index (χ3n) is 3.15. The number of carboxylic acids is 3. The molecule has 0 aliphatic heterocycles. The van der Waals surface area contributed by atoms with Gasteiger partial charge in [0.15, 0.2) is 5.60 Å². The number of hydrogen-bond acceptors (Lipinski definition) is 8. The van der Waals surface area contributed by atoms with Gasteiger partial charge in [0.05, 0.1) is 51.0 Å². The molecule has 27 heavy (non-hydrogen) atoms. The molecule has 0 fully saturated rings. The van der Waals surface area contributed by atoms with Gasteiger partial charge >= 0.3 is 17.9 Å². The summed E-state index contributed by atoms with van der Waals surface area (Å²) in [6.45, 7) is 6.10. The number of aliphatic hydroxyl groups is 2. The second kappa shape index (κ2) is 14.3. The Kier molecular flexibility index (Phi) is 14.5. The molecule has 0 aliphatic carbocycles. The van der Waals surface area contributed by atoms with Crippen molar-refractivity contribution in [2.75, 3.05) is 26.9 Å². The average Bonchev–Trinajstić information content (AvgIpc) is 2.56. The van der Waals surface area contributed by atoms with E-state index in [1.165, 1.54) is 0 Å². The Balaban J connectivity index is 0. The third kappa shape index (κ3) is 14.0. The molecule has 0 bridgehead atoms. The van der Waals surface area contributed by atoms with Gasteiger partial charge in [0.25, 0.3) is 0 Å². The van der Waals surface area contributed by atoms with Gasteiger partial charge in [-0.3, -0.25) is 9.59 Å². The molecule has 0 aromatic heterocycles. The van der Waals surface area contributed by atoms with Gasteiger partial charge in [-0.2, -0.15) is 0 Å². The average molecular weight is 398 g/mol. The summed E-state index contributed by atoms with van der Waals surface area (Å²) in [4.78, 5) is 31.3. The van der Waals surface area contributed by atoms with E-state index in [1.54, 1.807) is 13.8 Å². The van der Waals surface area contributed by atoms with Crippen LogP contribution in [0.2, 0.25) is 0 Å². The maximum absolute atomic E-state index is 10.7. The van der Waals surface area contributed by atoms with Gasteiger partial charge in [-0.25, -0.2) is 4.79 Å². The van der Waals surface area contributed by atoms with Crippen LogP contribution in [-0.4, -0.2) is 94.3 Å². The van der Waals surface area contributed by atoms with E-state index in [0.29, 0.717) is 13.2 Å². The first-order valence-electron chi connectivity index (χ1n) is 8.14. The summed E-state index contributed by atoms with van der Waals surface area (Å²) in [7, 11) is 0.958. The van der Waals surface area contributed by atoms with Crippen LogP contribution in [0.25, 0.3) is 0 Å². The summed E-state index contributed by atoms with van der Waals surface area (Å²) in [5, 5.41) is 43.1. The number of rotatable bonds is 13. The lowest BCUT2D eigenvalue weighted by molar-refractivity contribution is -0.174. The van der Waals surface area contributed by atoms with E-state index in [-0.39, 0.29) is 18.8 Å². The maximum Gasteiger partial charge on any atom is 0.337 e. The van der Waals surface area contributed by atoms with E-state index < -0.39 is 42.5 Å². The van der Waals surface area contributed by atoms with Gasteiger partial charge in [0.2, 0.25) is 0 Å². The molecule has 3 unspecified atom stereocenters. The second-order valence-electron chi connectivity index (χ2n) is 5.96. The summed E-state index contributed by atoms with van der Waals surface area (Å²) in [6.07, 6.45) is -2.45. The number of ether oxygens (including phenoxy) is 3. The highest BCUT2D eigenvalue weighted by Gasteiger charge is 2.43. The van der Waals surface area contributed by atoms with Gasteiger partial charge in [0, 0.05) is 7.11 Å². The molecule has 0 rings (SSSR count). The zero-order valence-electron chi connectivity index (χ0n) is 16.0. The third-order valence-corrected chi connectivity index (χ3v) is 3.15. The number of hydrogen-bond donors (Lipinski definition) is 5. The standard InChI is InChI=1S/C9H20O4.C7H10O7/c1-7(11)5-12-9(3)6-13-8(2)4-10;1-14-7(6(12)13,2-4(8)9)3-5(10)11/h7-11H,4-6H2,1-3H3;2-3H2,1H3,(H,8,9)(H,10,11)(H,12,13). The second-order valence-corrected chi connectivity index (χ2v) is 5.96. The minimum absolute atomic E-state index is 0.0170. The van der Waals surface area contributed by atoms with Crippen LogP contribution >= 0.6 is 0 Å². The van der Waals surface area contributed by atoms with Gasteiger partial charge in [-0.05, 0) is 20.8 Å². The lowest BCUT2D eigenvalue weighted by atomic mass is 9.95. The molecule has 5 N–H and O–H groups in total. The molecule has 3 atom stereocenters. The van der Waals surface area contributed by atoms with Crippen LogP contribution < -0.4 is 0 Å². The topological polar surface area (TPSA) is 180 Å². The number of methoxy groups -OCH3 is 1. The molecule has 11 heteroatoms. The summed E-state index contributed by atoms with van der Waals surface area (Å²) in [6, 6.07) is 0. The first-order chi connectivity index (χ1) is 12.4. The molecule has 11 nitrogen and oxygen atoms in total. The smallest absolute Gasteiger partial charge is 0.337 e. The predicted molar refractivity (Wildman–Crippen MR) is 91.5 cm³/mol. The molecule has 0 aliphatic rings. The van der Waals surface area contributed by atoms with Crippen molar-refractivity contribution in [3.8, 4) is 0 Å². The normalized spacial score (nSPS) is 14.4. The van der Waals surface area contributed by atoms with Crippen molar-refractivity contribution in [2.24, 2.45) is 0 Å². The predicted octanol–water partition coefficient (Wildman–Crippen LogP) is -0.425. The van der Waals surface area contributed by atoms with Crippen molar-refractivity contribution in [1.29, 1.82) is 0 Å². The van der Waals surface area contributed by atoms with Gasteiger partial charge < -0.3 is 39.7 Å². The molecule has 0 radical (unpaired) electrons. The summed E-state index contributed by atoms with van der Waals surface area (Å²) in [5.74, 6) is -4.48. The monoisotopic (exact) mass is 398 g/mol. The van der Waals surface area contributed by atoms with Crippen LogP contribution in [0, 0.1) is 0 Å². The molecule has 0 saturated heterocycles. The molecule has 0 aromatic carbocycles. The SMILES string of the molecule is CC(O)COC(C)COC(C)CO.COC(CC(=O)O)(CC(=O)O)C(=O)O. The lowest BCUT2D eigenvalue weighted by Crippen LogP contribution is -2.44. The number of carbonyl (C=O) groups is 3. The van der Waals surface area contributed by atoms with Crippen molar-refractivity contribution >= 4 is 17.9 Å². The fraction of sp³-hybridized carbons (Fsp3) is 0.812. The maximum atomic E-state index is 10.7. The van der Waals surface area contributed by atoms with Crippen LogP contribution in [0.1, 0.15) is 33.6 Å². The van der Waals surface area contributed by atoms with Crippen molar-refractivity contribution in [1.82, 2.24) is 0 Å². The van der Waals surface area contributed by atoms with Crippen LogP contribution in [0.15, 0.2) is 0 Å². The summed E-state index contributed by atoms with van der Waals surface area (Å²) in [5.41, 5.74) is -2.20. The molecular weight excluding hydrogens is 368 g/mol. The molecule has 160 valence electrons.